The molecule has 0 saturated heterocycles. The quantitative estimate of drug-likeness (QED) is 0.860. The molecule has 122 valence electrons. The minimum absolute atomic E-state index is 0.0351. The second kappa shape index (κ2) is 6.64. The number of alkyl halides is 3. The molecular formula is C15H10F5NO2. The highest BCUT2D eigenvalue weighted by Crippen LogP contribution is 2.30. The molecule has 0 aliphatic heterocycles. The molecule has 0 unspecified atom stereocenters. The highest BCUT2D eigenvalue weighted by Gasteiger charge is 2.30. The number of benzene rings is 2. The van der Waals surface area contributed by atoms with Crippen molar-refractivity contribution >= 4 is 11.6 Å². The van der Waals surface area contributed by atoms with Crippen LogP contribution in [0.5, 0.6) is 5.75 Å². The Morgan fingerprint density at radius 1 is 1.04 bits per heavy atom. The van der Waals surface area contributed by atoms with E-state index < -0.39 is 35.9 Å². The van der Waals surface area contributed by atoms with Gasteiger partial charge >= 0.3 is 6.18 Å². The van der Waals surface area contributed by atoms with E-state index in [1.807, 2.05) is 0 Å². The average molecular weight is 331 g/mol. The highest BCUT2D eigenvalue weighted by atomic mass is 19.4. The molecule has 2 aromatic rings. The summed E-state index contributed by atoms with van der Waals surface area (Å²) in [7, 11) is 0. The van der Waals surface area contributed by atoms with Crippen LogP contribution in [0.2, 0.25) is 0 Å². The van der Waals surface area contributed by atoms with Crippen LogP contribution in [0.15, 0.2) is 42.5 Å². The van der Waals surface area contributed by atoms with E-state index in [-0.39, 0.29) is 11.4 Å². The summed E-state index contributed by atoms with van der Waals surface area (Å²) in [4.78, 5) is 11.6. The van der Waals surface area contributed by atoms with Crippen molar-refractivity contribution < 1.29 is 31.5 Å². The van der Waals surface area contributed by atoms with Crippen LogP contribution in [-0.4, -0.2) is 12.5 Å². The van der Waals surface area contributed by atoms with Crippen molar-refractivity contribution in [3.8, 4) is 5.75 Å². The lowest BCUT2D eigenvalue weighted by Crippen LogP contribution is -2.21. The van der Waals surface area contributed by atoms with Crippen LogP contribution >= 0.6 is 0 Å². The van der Waals surface area contributed by atoms with E-state index in [2.05, 4.69) is 5.32 Å². The van der Waals surface area contributed by atoms with Gasteiger partial charge in [0.1, 0.15) is 17.4 Å². The van der Waals surface area contributed by atoms with Crippen molar-refractivity contribution in [2.24, 2.45) is 0 Å². The van der Waals surface area contributed by atoms with Gasteiger partial charge < -0.3 is 10.1 Å². The Hall–Kier alpha value is -2.64. The molecule has 0 aliphatic carbocycles. The monoisotopic (exact) mass is 331 g/mol. The van der Waals surface area contributed by atoms with E-state index in [1.165, 1.54) is 0 Å². The molecule has 0 aromatic heterocycles. The van der Waals surface area contributed by atoms with Gasteiger partial charge in [-0.05, 0) is 36.4 Å². The van der Waals surface area contributed by atoms with Crippen molar-refractivity contribution in [3.63, 3.8) is 0 Å². The summed E-state index contributed by atoms with van der Waals surface area (Å²) in [6.45, 7) is -0.568. The van der Waals surface area contributed by atoms with E-state index in [0.29, 0.717) is 0 Å². The smallest absolute Gasteiger partial charge is 0.416 e. The zero-order valence-corrected chi connectivity index (χ0v) is 11.5. The van der Waals surface area contributed by atoms with Gasteiger partial charge in [-0.1, -0.05) is 0 Å². The van der Waals surface area contributed by atoms with Crippen molar-refractivity contribution in [2.75, 3.05) is 11.9 Å². The molecule has 0 bridgehead atoms. The molecule has 0 spiro atoms. The van der Waals surface area contributed by atoms with E-state index in [1.54, 1.807) is 0 Å². The van der Waals surface area contributed by atoms with Crippen LogP contribution in [-0.2, 0) is 11.0 Å². The molecule has 0 heterocycles. The Balaban J connectivity index is 1.93. The molecule has 2 aromatic carbocycles. The summed E-state index contributed by atoms with van der Waals surface area (Å²) in [6, 6.07) is 6.26. The highest BCUT2D eigenvalue weighted by molar-refractivity contribution is 5.91. The topological polar surface area (TPSA) is 38.3 Å². The predicted molar refractivity (Wildman–Crippen MR) is 71.9 cm³/mol. The van der Waals surface area contributed by atoms with E-state index in [4.69, 9.17) is 4.74 Å². The lowest BCUT2D eigenvalue weighted by atomic mass is 10.2. The third-order valence-electron chi connectivity index (χ3n) is 2.75. The van der Waals surface area contributed by atoms with Crippen molar-refractivity contribution in [3.05, 3.63) is 59.7 Å². The summed E-state index contributed by atoms with van der Waals surface area (Å²) in [5.74, 6) is -2.30. The largest absolute Gasteiger partial charge is 0.484 e. The summed E-state index contributed by atoms with van der Waals surface area (Å²) in [5, 5.41) is 2.10. The van der Waals surface area contributed by atoms with Gasteiger partial charge in [-0.2, -0.15) is 13.2 Å². The van der Waals surface area contributed by atoms with Gasteiger partial charge in [0.25, 0.3) is 5.91 Å². The molecule has 23 heavy (non-hydrogen) atoms. The maximum atomic E-state index is 13.3. The fourth-order valence-electron chi connectivity index (χ4n) is 1.67. The molecule has 0 radical (unpaired) electrons. The molecule has 0 fully saturated rings. The minimum Gasteiger partial charge on any atom is -0.484 e. The van der Waals surface area contributed by atoms with Gasteiger partial charge in [0, 0.05) is 6.07 Å². The molecule has 1 N–H and O–H groups in total. The third kappa shape index (κ3) is 4.67. The van der Waals surface area contributed by atoms with Gasteiger partial charge in [0.05, 0.1) is 11.3 Å². The van der Waals surface area contributed by atoms with Crippen LogP contribution in [0.1, 0.15) is 5.56 Å². The predicted octanol–water partition coefficient (Wildman–Crippen LogP) is 4.00. The van der Waals surface area contributed by atoms with Gasteiger partial charge in [0.15, 0.2) is 6.61 Å². The third-order valence-corrected chi connectivity index (χ3v) is 2.75. The normalized spacial score (nSPS) is 11.2. The lowest BCUT2D eigenvalue weighted by molar-refractivity contribution is -0.137. The fraction of sp³-hybridized carbons (Fsp3) is 0.133. The van der Waals surface area contributed by atoms with Crippen molar-refractivity contribution in [1.82, 2.24) is 0 Å². The van der Waals surface area contributed by atoms with Crippen molar-refractivity contribution in [2.45, 2.75) is 6.18 Å². The Morgan fingerprint density at radius 3 is 2.30 bits per heavy atom. The fourth-order valence-corrected chi connectivity index (χ4v) is 1.67. The Bertz CT molecular complexity index is 698. The Morgan fingerprint density at radius 2 is 1.70 bits per heavy atom. The minimum atomic E-state index is -4.47. The van der Waals surface area contributed by atoms with E-state index in [0.717, 1.165) is 42.5 Å². The molecule has 3 nitrogen and oxygen atoms in total. The van der Waals surface area contributed by atoms with Crippen LogP contribution < -0.4 is 10.1 Å². The number of rotatable bonds is 4. The second-order valence-electron chi connectivity index (χ2n) is 4.48. The molecular weight excluding hydrogens is 321 g/mol. The molecule has 0 atom stereocenters. The maximum absolute atomic E-state index is 13.3. The van der Waals surface area contributed by atoms with Crippen LogP contribution in [0.4, 0.5) is 27.6 Å². The van der Waals surface area contributed by atoms with E-state index in [9.17, 15) is 26.7 Å². The number of halogens is 5. The average Bonchev–Trinajstić information content (AvgIpc) is 2.48. The van der Waals surface area contributed by atoms with Gasteiger partial charge in [-0.25, -0.2) is 8.78 Å². The van der Waals surface area contributed by atoms with Gasteiger partial charge in [-0.3, -0.25) is 4.79 Å². The van der Waals surface area contributed by atoms with Crippen LogP contribution in [0.25, 0.3) is 0 Å². The Kier molecular flexibility index (Phi) is 4.83. The summed E-state index contributed by atoms with van der Waals surface area (Å²) < 4.78 is 68.4. The maximum Gasteiger partial charge on any atom is 0.416 e. The first-order valence-corrected chi connectivity index (χ1v) is 6.30. The summed E-state index contributed by atoms with van der Waals surface area (Å²) in [5.41, 5.74) is -1.21. The van der Waals surface area contributed by atoms with Crippen molar-refractivity contribution in [1.29, 1.82) is 0 Å². The molecule has 2 rings (SSSR count). The number of hydrogen-bond acceptors (Lipinski definition) is 2. The number of carbonyl (C=O) groups is 1. The van der Waals surface area contributed by atoms with E-state index >= 15 is 0 Å². The number of carbonyl (C=O) groups excluding carboxylic acids is 1. The van der Waals surface area contributed by atoms with Gasteiger partial charge in [0.2, 0.25) is 0 Å². The first-order chi connectivity index (χ1) is 10.8. The number of ether oxygens (including phenoxy) is 1. The SMILES string of the molecule is O=C(COc1ccc(C(F)(F)F)cc1)Nc1cc(F)ccc1F. The number of anilines is 1. The second-order valence-corrected chi connectivity index (χ2v) is 4.48. The molecule has 1 amide bonds. The Labute approximate surface area is 127 Å². The molecule has 0 aliphatic rings. The zero-order chi connectivity index (χ0) is 17.0. The summed E-state index contributed by atoms with van der Waals surface area (Å²) in [6.07, 6.45) is -4.47. The zero-order valence-electron chi connectivity index (χ0n) is 11.5. The number of hydrogen-bond donors (Lipinski definition) is 1. The number of amides is 1. The standard InChI is InChI=1S/C15H10F5NO2/c16-10-3-6-12(17)13(7-10)21-14(22)8-23-11-4-1-9(2-5-11)15(18,19)20/h1-7H,8H2,(H,21,22). The van der Waals surface area contributed by atoms with Gasteiger partial charge in [-0.15, -0.1) is 0 Å². The molecule has 8 heteroatoms. The number of nitrogens with one attached hydrogen (secondary N) is 1. The lowest BCUT2D eigenvalue weighted by Gasteiger charge is -2.10. The van der Waals surface area contributed by atoms with Crippen LogP contribution in [0, 0.1) is 11.6 Å². The van der Waals surface area contributed by atoms with Crippen LogP contribution in [0.3, 0.4) is 0 Å². The molecule has 0 saturated carbocycles. The first-order valence-electron chi connectivity index (χ1n) is 6.30. The first kappa shape index (κ1) is 16.7. The summed E-state index contributed by atoms with van der Waals surface area (Å²) >= 11 is 0.